The fourth-order valence-corrected chi connectivity index (χ4v) is 6.43. The predicted octanol–water partition coefficient (Wildman–Crippen LogP) is 6.18. The standard InChI is InChI=1S/C31H28F4N6O3S/c1-4-26(42)40-15-20-11-23(38-41(20)13-17(40)2)30-28(27-22(33)9-19(32)10-24(27)44-7-6-43-3)31-21(5-8-45-31)29(37-30)18-12-36-39(14-18)16-25(34)35/h4-5,8-12,14,17,25H,1,6-7,13,15-16H2,2-3H3/t17-/m1/s1. The summed E-state index contributed by atoms with van der Waals surface area (Å²) in [6.07, 6.45) is 1.58. The van der Waals surface area contributed by atoms with Gasteiger partial charge in [-0.15, -0.1) is 11.3 Å². The number of alkyl halides is 2. The molecule has 45 heavy (non-hydrogen) atoms. The van der Waals surface area contributed by atoms with Crippen LogP contribution in [0, 0.1) is 11.6 Å². The number of halogens is 4. The largest absolute Gasteiger partial charge is 0.490 e. The van der Waals surface area contributed by atoms with Crippen molar-refractivity contribution in [3.63, 3.8) is 0 Å². The molecule has 1 aliphatic heterocycles. The number of carbonyl (C=O) groups is 1. The first-order chi connectivity index (χ1) is 21.7. The van der Waals surface area contributed by atoms with E-state index in [0.717, 1.165) is 22.5 Å². The normalized spacial score (nSPS) is 14.7. The number of pyridine rings is 1. The minimum atomic E-state index is -2.60. The van der Waals surface area contributed by atoms with E-state index < -0.39 is 24.6 Å². The molecule has 1 aliphatic rings. The summed E-state index contributed by atoms with van der Waals surface area (Å²) in [7, 11) is 1.49. The van der Waals surface area contributed by atoms with E-state index in [1.807, 2.05) is 6.92 Å². The van der Waals surface area contributed by atoms with Crippen LogP contribution < -0.4 is 4.74 Å². The molecule has 0 radical (unpaired) electrons. The lowest BCUT2D eigenvalue weighted by Gasteiger charge is -2.33. The first kappa shape index (κ1) is 30.5. The average Bonchev–Trinajstić information content (AvgIpc) is 3.75. The number of hydrogen-bond acceptors (Lipinski definition) is 7. The monoisotopic (exact) mass is 640 g/mol. The average molecular weight is 641 g/mol. The molecule has 14 heteroatoms. The number of methoxy groups -OCH3 is 1. The Balaban J connectivity index is 1.60. The van der Waals surface area contributed by atoms with E-state index in [4.69, 9.17) is 19.6 Å². The van der Waals surface area contributed by atoms with E-state index in [0.29, 0.717) is 39.1 Å². The second-order valence-corrected chi connectivity index (χ2v) is 11.4. The van der Waals surface area contributed by atoms with Crippen LogP contribution in [0.3, 0.4) is 0 Å². The summed E-state index contributed by atoms with van der Waals surface area (Å²) in [5.41, 5.74) is 2.59. The first-order valence-corrected chi connectivity index (χ1v) is 14.9. The Morgan fingerprint density at radius 3 is 2.78 bits per heavy atom. The van der Waals surface area contributed by atoms with Crippen molar-refractivity contribution in [1.29, 1.82) is 0 Å². The van der Waals surface area contributed by atoms with Crippen LogP contribution in [0.5, 0.6) is 5.75 Å². The van der Waals surface area contributed by atoms with Crippen LogP contribution >= 0.6 is 11.3 Å². The molecule has 0 bridgehead atoms. The second-order valence-electron chi connectivity index (χ2n) is 10.5. The van der Waals surface area contributed by atoms with E-state index in [1.165, 1.54) is 36.9 Å². The molecule has 6 rings (SSSR count). The highest BCUT2D eigenvalue weighted by Crippen LogP contribution is 2.47. The Morgan fingerprint density at radius 2 is 2.02 bits per heavy atom. The van der Waals surface area contributed by atoms with Crippen LogP contribution in [0.15, 0.2) is 54.7 Å². The molecule has 1 amide bonds. The van der Waals surface area contributed by atoms with Gasteiger partial charge in [-0.25, -0.2) is 22.5 Å². The van der Waals surface area contributed by atoms with E-state index in [9.17, 15) is 18.0 Å². The van der Waals surface area contributed by atoms with E-state index >= 15 is 4.39 Å². The number of ether oxygens (including phenoxy) is 2. The maximum Gasteiger partial charge on any atom is 0.257 e. The molecule has 1 aromatic carbocycles. The van der Waals surface area contributed by atoms with Crippen molar-refractivity contribution in [2.75, 3.05) is 20.3 Å². The zero-order valence-corrected chi connectivity index (χ0v) is 25.2. The van der Waals surface area contributed by atoms with E-state index in [-0.39, 0.29) is 48.7 Å². The van der Waals surface area contributed by atoms with E-state index in [2.05, 4.69) is 11.7 Å². The number of thiophene rings is 1. The fourth-order valence-electron chi connectivity index (χ4n) is 5.48. The number of amides is 1. The summed E-state index contributed by atoms with van der Waals surface area (Å²) in [6.45, 7) is 5.79. The van der Waals surface area contributed by atoms with Crippen LogP contribution in [0.1, 0.15) is 12.6 Å². The molecule has 4 aromatic heterocycles. The Labute approximate surface area is 259 Å². The fraction of sp³-hybridized carbons (Fsp3) is 0.290. The number of rotatable bonds is 10. The van der Waals surface area contributed by atoms with Gasteiger partial charge >= 0.3 is 0 Å². The number of fused-ring (bicyclic) bond motifs is 2. The summed E-state index contributed by atoms with van der Waals surface area (Å²) in [5, 5.41) is 11.3. The summed E-state index contributed by atoms with van der Waals surface area (Å²) >= 11 is 1.31. The van der Waals surface area contributed by atoms with Gasteiger partial charge in [-0.1, -0.05) is 6.58 Å². The zero-order valence-electron chi connectivity index (χ0n) is 24.3. The maximum absolute atomic E-state index is 15.9. The summed E-state index contributed by atoms with van der Waals surface area (Å²) in [4.78, 5) is 19.2. The van der Waals surface area contributed by atoms with Gasteiger partial charge in [-0.05, 0) is 30.5 Å². The van der Waals surface area contributed by atoms with Crippen molar-refractivity contribution in [2.45, 2.75) is 39.0 Å². The third kappa shape index (κ3) is 5.82. The minimum absolute atomic E-state index is 0.00907. The van der Waals surface area contributed by atoms with Crippen molar-refractivity contribution >= 4 is 27.3 Å². The van der Waals surface area contributed by atoms with Gasteiger partial charge in [0.05, 0.1) is 42.8 Å². The molecule has 0 saturated heterocycles. The molecule has 0 fully saturated rings. The van der Waals surface area contributed by atoms with Crippen LogP contribution in [-0.2, 0) is 29.2 Å². The quantitative estimate of drug-likeness (QED) is 0.103. The topological polar surface area (TPSA) is 87.3 Å². The highest BCUT2D eigenvalue weighted by Gasteiger charge is 2.30. The Bertz CT molecular complexity index is 1900. The van der Waals surface area contributed by atoms with Crippen molar-refractivity contribution in [1.82, 2.24) is 29.4 Å². The molecule has 0 spiro atoms. The SMILES string of the molecule is C=CC(=O)N1Cc2cc(-c3nc(-c4cnn(CC(F)F)c4)c4ccsc4c3-c3c(F)cc(F)cc3OCCOC)nn2C[C@H]1C. The zero-order chi connectivity index (χ0) is 31.8. The second kappa shape index (κ2) is 12.4. The number of benzene rings is 1. The van der Waals surface area contributed by atoms with Crippen molar-refractivity contribution in [3.8, 4) is 39.5 Å². The van der Waals surface area contributed by atoms with Gasteiger partial charge in [0.2, 0.25) is 5.91 Å². The van der Waals surface area contributed by atoms with Crippen molar-refractivity contribution in [3.05, 3.63) is 72.0 Å². The van der Waals surface area contributed by atoms with Gasteiger partial charge in [-0.3, -0.25) is 14.2 Å². The van der Waals surface area contributed by atoms with Gasteiger partial charge in [0.25, 0.3) is 6.43 Å². The molecule has 0 N–H and O–H groups in total. The molecular formula is C31H28F4N6O3S. The van der Waals surface area contributed by atoms with Crippen molar-refractivity contribution < 1.29 is 31.8 Å². The molecule has 0 saturated carbocycles. The lowest BCUT2D eigenvalue weighted by Crippen LogP contribution is -2.44. The number of nitrogens with zero attached hydrogens (tertiary/aromatic N) is 6. The summed E-state index contributed by atoms with van der Waals surface area (Å²) < 4.78 is 71.1. The summed E-state index contributed by atoms with van der Waals surface area (Å²) in [5.74, 6) is -1.94. The Kier molecular flexibility index (Phi) is 8.42. The highest BCUT2D eigenvalue weighted by molar-refractivity contribution is 7.18. The van der Waals surface area contributed by atoms with Gasteiger partial charge in [0.1, 0.15) is 41.9 Å². The number of hydrogen-bond donors (Lipinski definition) is 0. The van der Waals surface area contributed by atoms with E-state index in [1.54, 1.807) is 27.1 Å². The Hall–Kier alpha value is -4.56. The first-order valence-electron chi connectivity index (χ1n) is 14.0. The predicted molar refractivity (Wildman–Crippen MR) is 161 cm³/mol. The third-order valence-electron chi connectivity index (χ3n) is 7.52. The minimum Gasteiger partial charge on any atom is -0.490 e. The van der Waals surface area contributed by atoms with Gasteiger partial charge in [0, 0.05) is 52.7 Å². The molecule has 5 aromatic rings. The summed E-state index contributed by atoms with van der Waals surface area (Å²) in [6, 6.07) is 5.29. The van der Waals surface area contributed by atoms with Gasteiger partial charge < -0.3 is 14.4 Å². The van der Waals surface area contributed by atoms with Crippen LogP contribution in [0.2, 0.25) is 0 Å². The van der Waals surface area contributed by atoms with Crippen LogP contribution in [-0.4, -0.2) is 68.1 Å². The van der Waals surface area contributed by atoms with Crippen LogP contribution in [0.4, 0.5) is 17.6 Å². The van der Waals surface area contributed by atoms with Gasteiger partial charge in [0.15, 0.2) is 0 Å². The highest BCUT2D eigenvalue weighted by atomic mass is 32.1. The molecule has 9 nitrogen and oxygen atoms in total. The lowest BCUT2D eigenvalue weighted by atomic mass is 9.97. The molecule has 234 valence electrons. The molecule has 5 heterocycles. The Morgan fingerprint density at radius 1 is 1.20 bits per heavy atom. The number of aromatic nitrogens is 5. The third-order valence-corrected chi connectivity index (χ3v) is 8.45. The molecule has 1 atom stereocenters. The van der Waals surface area contributed by atoms with Crippen molar-refractivity contribution in [2.24, 2.45) is 0 Å². The maximum atomic E-state index is 15.9. The molecule has 0 aliphatic carbocycles. The molecular weight excluding hydrogens is 612 g/mol. The lowest BCUT2D eigenvalue weighted by molar-refractivity contribution is -0.129. The van der Waals surface area contributed by atoms with Crippen LogP contribution in [0.25, 0.3) is 43.9 Å². The molecule has 0 unspecified atom stereocenters. The number of carbonyl (C=O) groups excluding carboxylic acids is 1. The van der Waals surface area contributed by atoms with Gasteiger partial charge in [-0.2, -0.15) is 10.2 Å². The smallest absolute Gasteiger partial charge is 0.257 e.